The average molecular weight is 272 g/mol. The third-order valence-corrected chi connectivity index (χ3v) is 3.92. The van der Waals surface area contributed by atoms with Crippen LogP contribution < -0.4 is 15.2 Å². The highest BCUT2D eigenvalue weighted by Gasteiger charge is 2.21. The molecular formula is C12H20N2O3S. The molecular weight excluding hydrogens is 252 g/mol. The van der Waals surface area contributed by atoms with Crippen LogP contribution in [0.15, 0.2) is 18.2 Å². The largest absolute Gasteiger partial charge is 0.495 e. The lowest BCUT2D eigenvalue weighted by molar-refractivity contribution is 0.417. The van der Waals surface area contributed by atoms with Crippen molar-refractivity contribution in [1.29, 1.82) is 0 Å². The molecule has 0 unspecified atom stereocenters. The number of rotatable bonds is 4. The molecule has 0 spiro atoms. The Balaban J connectivity index is 2.91. The number of methoxy groups -OCH3 is 1. The third kappa shape index (κ3) is 4.44. The second-order valence-corrected chi connectivity index (χ2v) is 7.10. The van der Waals surface area contributed by atoms with Crippen LogP contribution in [-0.4, -0.2) is 21.3 Å². The number of ether oxygens (including phenoxy) is 1. The van der Waals surface area contributed by atoms with E-state index in [4.69, 9.17) is 10.5 Å². The molecule has 0 aliphatic carbocycles. The fourth-order valence-electron chi connectivity index (χ4n) is 1.56. The molecule has 0 saturated heterocycles. The lowest BCUT2D eigenvalue weighted by Crippen LogP contribution is -2.26. The summed E-state index contributed by atoms with van der Waals surface area (Å²) in [5, 5.41) is 0. The van der Waals surface area contributed by atoms with Gasteiger partial charge in [0.1, 0.15) is 5.75 Å². The van der Waals surface area contributed by atoms with E-state index in [1.54, 1.807) is 18.2 Å². The normalized spacial score (nSPS) is 12.2. The Labute approximate surface area is 108 Å². The fourth-order valence-corrected chi connectivity index (χ4v) is 3.26. The summed E-state index contributed by atoms with van der Waals surface area (Å²) < 4.78 is 31.4. The van der Waals surface area contributed by atoms with Crippen molar-refractivity contribution in [2.75, 3.05) is 23.3 Å². The zero-order valence-electron chi connectivity index (χ0n) is 11.1. The number of hydrogen-bond donors (Lipinski definition) is 2. The molecule has 0 heterocycles. The van der Waals surface area contributed by atoms with Gasteiger partial charge in [-0.15, -0.1) is 0 Å². The van der Waals surface area contributed by atoms with Crippen molar-refractivity contribution in [2.24, 2.45) is 5.41 Å². The number of nitrogens with one attached hydrogen (secondary N) is 1. The third-order valence-electron chi connectivity index (χ3n) is 2.13. The van der Waals surface area contributed by atoms with E-state index in [2.05, 4.69) is 4.72 Å². The summed E-state index contributed by atoms with van der Waals surface area (Å²) in [6.45, 7) is 5.61. The highest BCUT2D eigenvalue weighted by molar-refractivity contribution is 7.92. The molecule has 1 aromatic rings. The molecule has 1 rings (SSSR count). The Kier molecular flexibility index (Phi) is 4.11. The van der Waals surface area contributed by atoms with Crippen LogP contribution in [0.4, 0.5) is 11.4 Å². The molecule has 18 heavy (non-hydrogen) atoms. The quantitative estimate of drug-likeness (QED) is 0.822. The van der Waals surface area contributed by atoms with Gasteiger partial charge in [-0.3, -0.25) is 4.72 Å². The summed E-state index contributed by atoms with van der Waals surface area (Å²) in [4.78, 5) is 0. The highest BCUT2D eigenvalue weighted by Crippen LogP contribution is 2.26. The minimum absolute atomic E-state index is 0.0483. The molecule has 0 saturated carbocycles. The summed E-state index contributed by atoms with van der Waals surface area (Å²) in [5.74, 6) is 0.498. The van der Waals surface area contributed by atoms with Crippen LogP contribution in [0.1, 0.15) is 20.8 Å². The molecule has 0 fully saturated rings. The van der Waals surface area contributed by atoms with Crippen LogP contribution in [0.2, 0.25) is 0 Å². The Hall–Kier alpha value is -1.43. The van der Waals surface area contributed by atoms with Gasteiger partial charge in [0.2, 0.25) is 10.0 Å². The topological polar surface area (TPSA) is 81.4 Å². The monoisotopic (exact) mass is 272 g/mol. The predicted octanol–water partition coefficient (Wildman–Crippen LogP) is 2.07. The molecule has 0 aliphatic heterocycles. The molecule has 1 aromatic carbocycles. The van der Waals surface area contributed by atoms with Gasteiger partial charge in [-0.05, 0) is 17.5 Å². The number of nitrogens with two attached hydrogens (primary N) is 1. The van der Waals surface area contributed by atoms with E-state index < -0.39 is 10.0 Å². The number of benzene rings is 1. The Bertz CT molecular complexity index is 519. The van der Waals surface area contributed by atoms with Crippen molar-refractivity contribution < 1.29 is 13.2 Å². The lowest BCUT2D eigenvalue weighted by atomic mass is 10.0. The maximum absolute atomic E-state index is 11.9. The lowest BCUT2D eigenvalue weighted by Gasteiger charge is -2.19. The standard InChI is InChI=1S/C12H20N2O3S/c1-12(2,3)8-18(15,16)14-9-5-6-10(13)11(7-9)17-4/h5-7,14H,8,13H2,1-4H3. The maximum atomic E-state index is 11.9. The van der Waals surface area contributed by atoms with Crippen LogP contribution in [0, 0.1) is 5.41 Å². The van der Waals surface area contributed by atoms with Gasteiger partial charge in [-0.2, -0.15) is 0 Å². The van der Waals surface area contributed by atoms with Gasteiger partial charge in [-0.1, -0.05) is 20.8 Å². The maximum Gasteiger partial charge on any atom is 0.233 e. The molecule has 0 amide bonds. The van der Waals surface area contributed by atoms with Gasteiger partial charge in [0.15, 0.2) is 0 Å². The first-order chi connectivity index (χ1) is 8.13. The van der Waals surface area contributed by atoms with Crippen LogP contribution in [-0.2, 0) is 10.0 Å². The molecule has 0 atom stereocenters. The molecule has 0 radical (unpaired) electrons. The molecule has 6 heteroatoms. The van der Waals surface area contributed by atoms with E-state index in [0.29, 0.717) is 17.1 Å². The summed E-state index contributed by atoms with van der Waals surface area (Å²) in [6, 6.07) is 4.78. The first kappa shape index (κ1) is 14.6. The summed E-state index contributed by atoms with van der Waals surface area (Å²) in [7, 11) is -1.89. The Morgan fingerprint density at radius 2 is 1.94 bits per heavy atom. The summed E-state index contributed by atoms with van der Waals surface area (Å²) >= 11 is 0. The smallest absolute Gasteiger partial charge is 0.233 e. The van der Waals surface area contributed by atoms with Gasteiger partial charge in [0.25, 0.3) is 0 Å². The van der Waals surface area contributed by atoms with Crippen LogP contribution in [0.25, 0.3) is 0 Å². The summed E-state index contributed by atoms with van der Waals surface area (Å²) in [6.07, 6.45) is 0. The van der Waals surface area contributed by atoms with Gasteiger partial charge in [-0.25, -0.2) is 8.42 Å². The van der Waals surface area contributed by atoms with E-state index in [0.717, 1.165) is 0 Å². The highest BCUT2D eigenvalue weighted by atomic mass is 32.2. The van der Waals surface area contributed by atoms with E-state index in [-0.39, 0.29) is 11.2 Å². The van der Waals surface area contributed by atoms with Crippen LogP contribution in [0.3, 0.4) is 0 Å². The van der Waals surface area contributed by atoms with Crippen LogP contribution in [0.5, 0.6) is 5.75 Å². The minimum atomic E-state index is -3.38. The average Bonchev–Trinajstić information content (AvgIpc) is 2.16. The fraction of sp³-hybridized carbons (Fsp3) is 0.500. The van der Waals surface area contributed by atoms with Gasteiger partial charge in [0.05, 0.1) is 24.2 Å². The van der Waals surface area contributed by atoms with E-state index in [1.807, 2.05) is 20.8 Å². The number of hydrogen-bond acceptors (Lipinski definition) is 4. The van der Waals surface area contributed by atoms with Gasteiger partial charge < -0.3 is 10.5 Å². The van der Waals surface area contributed by atoms with Crippen LogP contribution >= 0.6 is 0 Å². The zero-order valence-corrected chi connectivity index (χ0v) is 12.0. The summed E-state index contributed by atoms with van der Waals surface area (Å²) in [5.41, 5.74) is 6.28. The minimum Gasteiger partial charge on any atom is -0.495 e. The Morgan fingerprint density at radius 3 is 2.44 bits per heavy atom. The molecule has 5 nitrogen and oxygen atoms in total. The molecule has 102 valence electrons. The van der Waals surface area contributed by atoms with Crippen molar-refractivity contribution in [3.63, 3.8) is 0 Å². The second kappa shape index (κ2) is 5.06. The number of sulfonamides is 1. The predicted molar refractivity (Wildman–Crippen MR) is 74.3 cm³/mol. The second-order valence-electron chi connectivity index (χ2n) is 5.38. The first-order valence-electron chi connectivity index (χ1n) is 5.57. The van der Waals surface area contributed by atoms with Gasteiger partial charge in [0, 0.05) is 6.07 Å². The SMILES string of the molecule is COc1cc(NS(=O)(=O)CC(C)(C)C)ccc1N. The van der Waals surface area contributed by atoms with Crippen molar-refractivity contribution in [1.82, 2.24) is 0 Å². The van der Waals surface area contributed by atoms with E-state index >= 15 is 0 Å². The molecule has 0 aromatic heterocycles. The van der Waals surface area contributed by atoms with Crippen molar-refractivity contribution in [3.05, 3.63) is 18.2 Å². The molecule has 3 N–H and O–H groups in total. The van der Waals surface area contributed by atoms with E-state index in [1.165, 1.54) is 7.11 Å². The number of nitrogen functional groups attached to an aromatic ring is 1. The first-order valence-corrected chi connectivity index (χ1v) is 7.22. The van der Waals surface area contributed by atoms with Gasteiger partial charge >= 0.3 is 0 Å². The van der Waals surface area contributed by atoms with Crippen molar-refractivity contribution >= 4 is 21.4 Å². The molecule has 0 aliphatic rings. The number of anilines is 2. The molecule has 0 bridgehead atoms. The Morgan fingerprint density at radius 1 is 1.33 bits per heavy atom. The zero-order chi connectivity index (χ0) is 14.0. The van der Waals surface area contributed by atoms with Crippen molar-refractivity contribution in [2.45, 2.75) is 20.8 Å². The van der Waals surface area contributed by atoms with Crippen molar-refractivity contribution in [3.8, 4) is 5.75 Å². The van der Waals surface area contributed by atoms with E-state index in [9.17, 15) is 8.42 Å².